The summed E-state index contributed by atoms with van der Waals surface area (Å²) in [5, 5.41) is 3.48. The average molecular weight is 263 g/mol. The number of methoxy groups -OCH3 is 1. The lowest BCUT2D eigenvalue weighted by Crippen LogP contribution is -2.19. The molecule has 104 valence electrons. The quantitative estimate of drug-likeness (QED) is 0.553. The van der Waals surface area contributed by atoms with E-state index in [9.17, 15) is 0 Å². The van der Waals surface area contributed by atoms with Crippen LogP contribution >= 0.6 is 0 Å². The number of anilines is 2. The second-order valence-electron chi connectivity index (χ2n) is 5.43. The van der Waals surface area contributed by atoms with Crippen molar-refractivity contribution in [2.75, 3.05) is 17.9 Å². The first kappa shape index (κ1) is 12.6. The van der Waals surface area contributed by atoms with Gasteiger partial charge < -0.3 is 15.5 Å². The predicted octanol–water partition coefficient (Wildman–Crippen LogP) is 1.62. The van der Waals surface area contributed by atoms with Gasteiger partial charge >= 0.3 is 0 Å². The monoisotopic (exact) mass is 263 g/mol. The largest absolute Gasteiger partial charge is 0.381 e. The maximum atomic E-state index is 5.47. The number of aromatic nitrogens is 2. The Bertz CT molecular complexity index is 449. The molecule has 2 atom stereocenters. The van der Waals surface area contributed by atoms with E-state index in [4.69, 9.17) is 10.6 Å². The molecule has 0 saturated heterocycles. The van der Waals surface area contributed by atoms with Crippen LogP contribution in [0.5, 0.6) is 0 Å². The van der Waals surface area contributed by atoms with E-state index in [1.54, 1.807) is 7.11 Å². The zero-order valence-corrected chi connectivity index (χ0v) is 11.2. The summed E-state index contributed by atoms with van der Waals surface area (Å²) in [6.07, 6.45) is 5.99. The van der Waals surface area contributed by atoms with E-state index in [0.29, 0.717) is 23.9 Å². The second kappa shape index (κ2) is 5.30. The summed E-state index contributed by atoms with van der Waals surface area (Å²) >= 11 is 0. The lowest BCUT2D eigenvalue weighted by Gasteiger charge is -2.15. The molecule has 4 N–H and O–H groups in total. The number of nitrogen functional groups attached to an aromatic ring is 1. The maximum Gasteiger partial charge on any atom is 0.145 e. The van der Waals surface area contributed by atoms with Crippen LogP contribution in [0, 0.1) is 0 Å². The van der Waals surface area contributed by atoms with Crippen LogP contribution in [0.4, 0.5) is 11.6 Å². The van der Waals surface area contributed by atoms with Crippen LogP contribution in [0.15, 0.2) is 6.07 Å². The first-order valence-electron chi connectivity index (χ1n) is 6.93. The van der Waals surface area contributed by atoms with E-state index in [-0.39, 0.29) is 0 Å². The molecule has 2 aliphatic carbocycles. The van der Waals surface area contributed by atoms with Crippen molar-refractivity contribution in [1.29, 1.82) is 0 Å². The number of rotatable bonds is 5. The van der Waals surface area contributed by atoms with Crippen LogP contribution in [0.3, 0.4) is 0 Å². The Hall–Kier alpha value is -1.40. The first-order chi connectivity index (χ1) is 9.28. The minimum Gasteiger partial charge on any atom is -0.381 e. The third-order valence-electron chi connectivity index (χ3n) is 3.90. The van der Waals surface area contributed by atoms with E-state index < -0.39 is 0 Å². The molecule has 1 heterocycles. The van der Waals surface area contributed by atoms with Crippen molar-refractivity contribution in [1.82, 2.24) is 9.97 Å². The highest BCUT2D eigenvalue weighted by Gasteiger charge is 2.28. The van der Waals surface area contributed by atoms with Gasteiger partial charge in [0.1, 0.15) is 17.5 Å². The molecule has 19 heavy (non-hydrogen) atoms. The van der Waals surface area contributed by atoms with Crippen LogP contribution in [-0.4, -0.2) is 29.2 Å². The van der Waals surface area contributed by atoms with Gasteiger partial charge in [-0.15, -0.1) is 0 Å². The molecule has 1 aromatic rings. The molecule has 0 amide bonds. The van der Waals surface area contributed by atoms with E-state index >= 15 is 0 Å². The molecular formula is C13H21N5O. The molecule has 2 aliphatic rings. The van der Waals surface area contributed by atoms with Crippen molar-refractivity contribution >= 4 is 11.6 Å². The summed E-state index contributed by atoms with van der Waals surface area (Å²) in [5.74, 6) is 8.44. The Morgan fingerprint density at radius 3 is 2.63 bits per heavy atom. The number of ether oxygens (including phenoxy) is 1. The Morgan fingerprint density at radius 1 is 1.21 bits per heavy atom. The molecule has 0 radical (unpaired) electrons. The van der Waals surface area contributed by atoms with Gasteiger partial charge in [-0.25, -0.2) is 15.8 Å². The third-order valence-corrected chi connectivity index (χ3v) is 3.90. The molecule has 2 fully saturated rings. The molecule has 6 heteroatoms. The highest BCUT2D eigenvalue weighted by atomic mass is 16.5. The Balaban J connectivity index is 1.71. The number of nitrogens with one attached hydrogen (secondary N) is 2. The topological polar surface area (TPSA) is 85.1 Å². The fourth-order valence-electron chi connectivity index (χ4n) is 2.63. The summed E-state index contributed by atoms with van der Waals surface area (Å²) in [4.78, 5) is 9.01. The Kier molecular flexibility index (Phi) is 3.52. The summed E-state index contributed by atoms with van der Waals surface area (Å²) in [6, 6.07) is 2.30. The van der Waals surface area contributed by atoms with Gasteiger partial charge in [0.15, 0.2) is 0 Å². The van der Waals surface area contributed by atoms with Gasteiger partial charge in [0, 0.05) is 25.1 Å². The Labute approximate surface area is 113 Å². The second-order valence-corrected chi connectivity index (χ2v) is 5.43. The highest BCUT2D eigenvalue weighted by Crippen LogP contribution is 2.39. The van der Waals surface area contributed by atoms with Gasteiger partial charge in [-0.2, -0.15) is 0 Å². The molecule has 0 aromatic carbocycles. The van der Waals surface area contributed by atoms with Gasteiger partial charge in [-0.05, 0) is 32.1 Å². The molecule has 0 spiro atoms. The SMILES string of the molecule is COC1CCC(Nc2cc(NN)nc(C3CC3)n2)C1. The predicted molar refractivity (Wildman–Crippen MR) is 73.9 cm³/mol. The average Bonchev–Trinajstić information content (AvgIpc) is 3.19. The lowest BCUT2D eigenvalue weighted by molar-refractivity contribution is 0.108. The fraction of sp³-hybridized carbons (Fsp3) is 0.692. The van der Waals surface area contributed by atoms with Crippen LogP contribution in [0.2, 0.25) is 0 Å². The molecule has 3 rings (SSSR count). The zero-order chi connectivity index (χ0) is 13.2. The standard InChI is InChI=1S/C13H21N5O/c1-19-10-5-4-9(6-10)15-11-7-12(18-14)17-13(16-11)8-2-3-8/h7-10H,2-6,14H2,1H3,(H2,15,16,17,18). The van der Waals surface area contributed by atoms with Crippen molar-refractivity contribution < 1.29 is 4.74 Å². The minimum atomic E-state index is 0.370. The molecule has 2 saturated carbocycles. The maximum absolute atomic E-state index is 5.47. The van der Waals surface area contributed by atoms with E-state index in [0.717, 1.165) is 30.9 Å². The number of nitrogens with zero attached hydrogens (tertiary/aromatic N) is 2. The van der Waals surface area contributed by atoms with Crippen LogP contribution in [0.25, 0.3) is 0 Å². The summed E-state index contributed by atoms with van der Waals surface area (Å²) in [5.41, 5.74) is 2.62. The first-order valence-corrected chi connectivity index (χ1v) is 6.93. The minimum absolute atomic E-state index is 0.370. The van der Waals surface area contributed by atoms with E-state index in [1.165, 1.54) is 12.8 Å². The van der Waals surface area contributed by atoms with Gasteiger partial charge in [0.25, 0.3) is 0 Å². The van der Waals surface area contributed by atoms with Crippen LogP contribution < -0.4 is 16.6 Å². The van der Waals surface area contributed by atoms with Crippen molar-refractivity contribution in [3.05, 3.63) is 11.9 Å². The van der Waals surface area contributed by atoms with Crippen molar-refractivity contribution in [2.45, 2.75) is 50.2 Å². The summed E-state index contributed by atoms with van der Waals surface area (Å²) in [7, 11) is 1.78. The number of nitrogens with two attached hydrogens (primary N) is 1. The number of hydrogen-bond donors (Lipinski definition) is 3. The lowest BCUT2D eigenvalue weighted by atomic mass is 10.2. The molecule has 6 nitrogen and oxygen atoms in total. The van der Waals surface area contributed by atoms with Crippen molar-refractivity contribution in [3.8, 4) is 0 Å². The smallest absolute Gasteiger partial charge is 0.145 e. The highest BCUT2D eigenvalue weighted by molar-refractivity contribution is 5.48. The van der Waals surface area contributed by atoms with Gasteiger partial charge in [-0.3, -0.25) is 0 Å². The number of hydrazine groups is 1. The van der Waals surface area contributed by atoms with E-state index in [2.05, 4.69) is 20.7 Å². The Morgan fingerprint density at radius 2 is 2.00 bits per heavy atom. The van der Waals surface area contributed by atoms with Crippen LogP contribution in [0.1, 0.15) is 43.8 Å². The van der Waals surface area contributed by atoms with Crippen molar-refractivity contribution in [3.63, 3.8) is 0 Å². The molecular weight excluding hydrogens is 242 g/mol. The molecule has 0 aliphatic heterocycles. The number of hydrogen-bond acceptors (Lipinski definition) is 6. The fourth-order valence-corrected chi connectivity index (χ4v) is 2.63. The molecule has 0 bridgehead atoms. The van der Waals surface area contributed by atoms with Gasteiger partial charge in [-0.1, -0.05) is 0 Å². The third kappa shape index (κ3) is 2.96. The van der Waals surface area contributed by atoms with Crippen molar-refractivity contribution in [2.24, 2.45) is 5.84 Å². The van der Waals surface area contributed by atoms with E-state index in [1.807, 2.05) is 6.07 Å². The van der Waals surface area contributed by atoms with Gasteiger partial charge in [0.05, 0.1) is 6.10 Å². The summed E-state index contributed by atoms with van der Waals surface area (Å²) in [6.45, 7) is 0. The molecule has 2 unspecified atom stereocenters. The normalized spacial score (nSPS) is 26.4. The molecule has 1 aromatic heterocycles. The summed E-state index contributed by atoms with van der Waals surface area (Å²) < 4.78 is 5.39. The zero-order valence-electron chi connectivity index (χ0n) is 11.2. The van der Waals surface area contributed by atoms with Crippen LogP contribution in [-0.2, 0) is 4.74 Å². The van der Waals surface area contributed by atoms with Gasteiger partial charge in [0.2, 0.25) is 0 Å².